The number of alkyl halides is 5. The van der Waals surface area contributed by atoms with Crippen molar-refractivity contribution in [2.45, 2.75) is 94.1 Å². The van der Waals surface area contributed by atoms with Crippen molar-refractivity contribution in [3.8, 4) is 6.07 Å². The second kappa shape index (κ2) is 10.6. The van der Waals surface area contributed by atoms with Crippen LogP contribution in [-0.4, -0.2) is 71.3 Å². The van der Waals surface area contributed by atoms with Crippen LogP contribution < -0.4 is 16.0 Å². The highest BCUT2D eigenvalue weighted by Crippen LogP contribution is 2.49. The van der Waals surface area contributed by atoms with Crippen molar-refractivity contribution in [1.29, 1.82) is 5.26 Å². The third-order valence-corrected chi connectivity index (χ3v) is 8.27. The topological polar surface area (TPSA) is 131 Å². The van der Waals surface area contributed by atoms with E-state index in [-0.39, 0.29) is 37.5 Å². The number of carbonyl (C=O) groups excluding carboxylic acids is 4. The Morgan fingerprint density at radius 1 is 1.11 bits per heavy atom. The summed E-state index contributed by atoms with van der Waals surface area (Å²) in [7, 11) is 0. The van der Waals surface area contributed by atoms with E-state index in [0.29, 0.717) is 25.8 Å². The molecule has 38 heavy (non-hydrogen) atoms. The van der Waals surface area contributed by atoms with Crippen LogP contribution in [0.1, 0.15) is 57.8 Å². The summed E-state index contributed by atoms with van der Waals surface area (Å²) < 4.78 is 68.9. The quantitative estimate of drug-likeness (QED) is 0.399. The Morgan fingerprint density at radius 2 is 1.82 bits per heavy atom. The number of hydrogen-bond acceptors (Lipinski definition) is 5. The Bertz CT molecular complexity index is 1010. The largest absolute Gasteiger partial charge is 0.471 e. The van der Waals surface area contributed by atoms with Gasteiger partial charge in [0.1, 0.15) is 18.1 Å². The Morgan fingerprint density at radius 3 is 2.34 bits per heavy atom. The summed E-state index contributed by atoms with van der Waals surface area (Å²) in [6.45, 7) is 0.405. The zero-order chi connectivity index (χ0) is 27.8. The average Bonchev–Trinajstić information content (AvgIpc) is 3.21. The molecule has 2 aliphatic carbocycles. The third-order valence-electron chi connectivity index (χ3n) is 8.27. The van der Waals surface area contributed by atoms with Crippen molar-refractivity contribution in [3.63, 3.8) is 0 Å². The molecule has 0 radical (unpaired) electrons. The van der Waals surface area contributed by atoms with E-state index in [4.69, 9.17) is 0 Å². The molecule has 14 heteroatoms. The maximum absolute atomic E-state index is 14.9. The van der Waals surface area contributed by atoms with E-state index in [2.05, 4.69) is 10.6 Å². The molecular formula is C24H30F5N5O4. The van der Waals surface area contributed by atoms with Crippen LogP contribution in [0.25, 0.3) is 0 Å². The van der Waals surface area contributed by atoms with Gasteiger partial charge in [0.15, 0.2) is 0 Å². The summed E-state index contributed by atoms with van der Waals surface area (Å²) >= 11 is 0. The van der Waals surface area contributed by atoms with Crippen molar-refractivity contribution < 1.29 is 41.1 Å². The van der Waals surface area contributed by atoms with E-state index in [0.717, 1.165) is 11.3 Å². The van der Waals surface area contributed by atoms with Crippen LogP contribution in [0.15, 0.2) is 0 Å². The zero-order valence-electron chi connectivity index (χ0n) is 20.5. The standard InChI is InChI=1S/C24H30F5N5O4/c25-23(26)10-15-4-5-16(23)18(20(36)32-14(11-30)9-13-6-7-31-19(13)35)34(15)21(37)17(8-12-2-1-3-12)33-22(38)24(27,28)29/h12-18H,1-10H2,(H,31,35)(H,32,36)(H,33,38)/t13-,14+,15-,16-,17+,18+/m1/s1. The van der Waals surface area contributed by atoms with Crippen molar-refractivity contribution >= 4 is 23.6 Å². The molecule has 0 aromatic rings. The summed E-state index contributed by atoms with van der Waals surface area (Å²) in [4.78, 5) is 51.5. The van der Waals surface area contributed by atoms with Crippen LogP contribution in [0.3, 0.4) is 0 Å². The summed E-state index contributed by atoms with van der Waals surface area (Å²) in [5.41, 5.74) is 0. The first-order valence-electron chi connectivity index (χ1n) is 12.9. The Kier molecular flexibility index (Phi) is 7.86. The van der Waals surface area contributed by atoms with Gasteiger partial charge in [0.05, 0.1) is 12.0 Å². The first kappa shape index (κ1) is 28.0. The Balaban J connectivity index is 1.58. The van der Waals surface area contributed by atoms with E-state index in [1.807, 2.05) is 6.07 Å². The van der Waals surface area contributed by atoms with Crippen LogP contribution >= 0.6 is 0 Å². The Labute approximate surface area is 215 Å². The highest BCUT2D eigenvalue weighted by molar-refractivity contribution is 5.94. The van der Waals surface area contributed by atoms with Gasteiger partial charge in [0, 0.05) is 24.9 Å². The summed E-state index contributed by atoms with van der Waals surface area (Å²) in [5, 5.41) is 16.3. The zero-order valence-corrected chi connectivity index (χ0v) is 20.5. The lowest BCUT2D eigenvalue weighted by Gasteiger charge is -2.54. The predicted octanol–water partition coefficient (Wildman–Crippen LogP) is 1.77. The van der Waals surface area contributed by atoms with E-state index in [9.17, 15) is 46.4 Å². The van der Waals surface area contributed by atoms with Gasteiger partial charge in [0.2, 0.25) is 17.7 Å². The number of halogens is 5. The van der Waals surface area contributed by atoms with Crippen molar-refractivity contribution in [3.05, 3.63) is 0 Å². The first-order valence-corrected chi connectivity index (χ1v) is 12.9. The molecule has 0 spiro atoms. The normalized spacial score (nSPS) is 30.0. The summed E-state index contributed by atoms with van der Waals surface area (Å²) in [6, 6.07) is -3.83. The van der Waals surface area contributed by atoms with Crippen molar-refractivity contribution in [2.75, 3.05) is 6.54 Å². The average molecular weight is 548 g/mol. The fourth-order valence-electron chi connectivity index (χ4n) is 6.08. The molecule has 4 amide bonds. The van der Waals surface area contributed by atoms with Gasteiger partial charge in [-0.3, -0.25) is 19.2 Å². The molecule has 0 aromatic heterocycles. The first-order chi connectivity index (χ1) is 17.8. The second-order valence-corrected chi connectivity index (χ2v) is 10.8. The highest BCUT2D eigenvalue weighted by Gasteiger charge is 2.61. The molecule has 9 nitrogen and oxygen atoms in total. The SMILES string of the molecule is N#C[C@H](C[C@H]1CCNC1=O)NC(=O)[C@@H]1[C@H]2CC[C@H](CC2(F)F)N1C(=O)[C@H](CC1CCC1)NC(=O)C(F)(F)F. The van der Waals surface area contributed by atoms with Gasteiger partial charge in [-0.15, -0.1) is 0 Å². The maximum atomic E-state index is 14.9. The van der Waals surface area contributed by atoms with Crippen LogP contribution in [-0.2, 0) is 19.2 Å². The number of nitrogens with one attached hydrogen (secondary N) is 3. The smallest absolute Gasteiger partial charge is 0.356 e. The lowest BCUT2D eigenvalue weighted by atomic mass is 9.71. The minimum atomic E-state index is -5.25. The van der Waals surface area contributed by atoms with E-state index in [1.54, 1.807) is 5.32 Å². The molecule has 5 rings (SSSR count). The van der Waals surface area contributed by atoms with Gasteiger partial charge in [-0.1, -0.05) is 19.3 Å². The molecule has 2 bridgehead atoms. The fraction of sp³-hybridized carbons (Fsp3) is 0.792. The molecule has 3 N–H and O–H groups in total. The van der Waals surface area contributed by atoms with E-state index in [1.165, 1.54) is 0 Å². The number of hydrogen-bond donors (Lipinski definition) is 3. The number of carbonyl (C=O) groups is 4. The number of fused-ring (bicyclic) bond motifs is 3. The number of amides is 4. The summed E-state index contributed by atoms with van der Waals surface area (Å²) in [5.74, 6) is -10.2. The maximum Gasteiger partial charge on any atom is 0.471 e. The minimum absolute atomic E-state index is 0.0504. The second-order valence-electron chi connectivity index (χ2n) is 10.8. The molecule has 6 atom stereocenters. The van der Waals surface area contributed by atoms with Crippen molar-refractivity contribution in [2.24, 2.45) is 17.8 Å². The number of piperidine rings is 2. The van der Waals surface area contributed by atoms with E-state index >= 15 is 0 Å². The molecule has 0 unspecified atom stereocenters. The van der Waals surface area contributed by atoms with Gasteiger partial charge in [0.25, 0.3) is 5.92 Å². The summed E-state index contributed by atoms with van der Waals surface area (Å²) in [6.07, 6.45) is -3.56. The molecule has 210 valence electrons. The van der Waals surface area contributed by atoms with Crippen LogP contribution in [0.2, 0.25) is 0 Å². The molecule has 5 aliphatic rings. The monoisotopic (exact) mass is 547 g/mol. The van der Waals surface area contributed by atoms with Crippen LogP contribution in [0.4, 0.5) is 22.0 Å². The molecule has 3 heterocycles. The predicted molar refractivity (Wildman–Crippen MR) is 120 cm³/mol. The highest BCUT2D eigenvalue weighted by atomic mass is 19.4. The number of nitrogens with zero attached hydrogens (tertiary/aromatic N) is 2. The Hall–Kier alpha value is -2.98. The van der Waals surface area contributed by atoms with Gasteiger partial charge in [-0.25, -0.2) is 8.78 Å². The van der Waals surface area contributed by atoms with E-state index < -0.39 is 72.2 Å². The van der Waals surface area contributed by atoms with Gasteiger partial charge in [-0.2, -0.15) is 18.4 Å². The fourth-order valence-corrected chi connectivity index (χ4v) is 6.08. The molecule has 3 saturated heterocycles. The van der Waals surface area contributed by atoms with Crippen LogP contribution in [0.5, 0.6) is 0 Å². The molecule has 2 saturated carbocycles. The van der Waals surface area contributed by atoms with Gasteiger partial charge >= 0.3 is 12.1 Å². The molecule has 5 fully saturated rings. The molecule has 0 aromatic carbocycles. The lowest BCUT2D eigenvalue weighted by Crippen LogP contribution is -2.71. The molecule has 3 aliphatic heterocycles. The van der Waals surface area contributed by atoms with Gasteiger partial charge < -0.3 is 20.9 Å². The number of rotatable bonds is 8. The van der Waals surface area contributed by atoms with Gasteiger partial charge in [-0.05, 0) is 38.0 Å². The number of nitriles is 1. The molecular weight excluding hydrogens is 517 g/mol. The lowest BCUT2D eigenvalue weighted by molar-refractivity contribution is -0.196. The van der Waals surface area contributed by atoms with Crippen molar-refractivity contribution in [1.82, 2.24) is 20.9 Å². The minimum Gasteiger partial charge on any atom is -0.356 e. The third kappa shape index (κ3) is 5.71. The van der Waals surface area contributed by atoms with Crippen LogP contribution in [0, 0.1) is 29.1 Å².